The highest BCUT2D eigenvalue weighted by atomic mass is 16.3. The van der Waals surface area contributed by atoms with E-state index in [0.717, 1.165) is 19.3 Å². The first-order valence-corrected chi connectivity index (χ1v) is 5.11. The number of aliphatic hydroxyl groups is 1. The number of hydrogen-bond acceptors (Lipinski definition) is 2. The third-order valence-electron chi connectivity index (χ3n) is 2.90. The fraction of sp³-hybridized carbons (Fsp3) is 0.500. The molecule has 1 aliphatic rings. The molecule has 0 saturated heterocycles. The van der Waals surface area contributed by atoms with E-state index in [1.165, 1.54) is 11.1 Å². The van der Waals surface area contributed by atoms with E-state index in [4.69, 9.17) is 5.73 Å². The minimum atomic E-state index is -0.535. The zero-order valence-corrected chi connectivity index (χ0v) is 8.53. The standard InChI is InChI=1S/C12H17NO/c1-9-3-2-4-10(5-9)6-12(14)7-11(13)8-12/h2-5,11,14H,6-8,13H2,1H3. The summed E-state index contributed by atoms with van der Waals surface area (Å²) >= 11 is 0. The summed E-state index contributed by atoms with van der Waals surface area (Å²) in [7, 11) is 0. The van der Waals surface area contributed by atoms with Gasteiger partial charge in [-0.15, -0.1) is 0 Å². The van der Waals surface area contributed by atoms with Gasteiger partial charge in [0.15, 0.2) is 0 Å². The van der Waals surface area contributed by atoms with Gasteiger partial charge in [0.2, 0.25) is 0 Å². The van der Waals surface area contributed by atoms with E-state index in [0.29, 0.717) is 0 Å². The highest BCUT2D eigenvalue weighted by molar-refractivity contribution is 5.24. The summed E-state index contributed by atoms with van der Waals surface area (Å²) in [4.78, 5) is 0. The summed E-state index contributed by atoms with van der Waals surface area (Å²) in [6.45, 7) is 2.07. The molecule has 1 aliphatic carbocycles. The SMILES string of the molecule is Cc1cccc(CC2(O)CC(N)C2)c1. The van der Waals surface area contributed by atoms with Crippen molar-refractivity contribution in [2.75, 3.05) is 0 Å². The van der Waals surface area contributed by atoms with Gasteiger partial charge in [-0.1, -0.05) is 29.8 Å². The molecular weight excluding hydrogens is 174 g/mol. The number of rotatable bonds is 2. The molecule has 76 valence electrons. The number of hydrogen-bond donors (Lipinski definition) is 2. The van der Waals surface area contributed by atoms with Crippen LogP contribution in [0.2, 0.25) is 0 Å². The Kier molecular flexibility index (Phi) is 2.33. The molecule has 0 spiro atoms. The maximum atomic E-state index is 10.0. The molecule has 1 aromatic carbocycles. The van der Waals surface area contributed by atoms with Crippen LogP contribution in [0.25, 0.3) is 0 Å². The van der Waals surface area contributed by atoms with Gasteiger partial charge in [-0.05, 0) is 25.3 Å². The van der Waals surface area contributed by atoms with Gasteiger partial charge in [0.1, 0.15) is 0 Å². The molecule has 2 nitrogen and oxygen atoms in total. The first-order valence-electron chi connectivity index (χ1n) is 5.11. The zero-order valence-electron chi connectivity index (χ0n) is 8.53. The summed E-state index contributed by atoms with van der Waals surface area (Å²) in [6, 6.07) is 8.49. The fourth-order valence-electron chi connectivity index (χ4n) is 2.26. The normalized spacial score (nSPS) is 31.2. The molecule has 0 heterocycles. The molecular formula is C12H17NO. The Bertz CT molecular complexity index is 329. The summed E-state index contributed by atoms with van der Waals surface area (Å²) in [6.07, 6.45) is 2.21. The lowest BCUT2D eigenvalue weighted by molar-refractivity contribution is -0.0455. The van der Waals surface area contributed by atoms with E-state index < -0.39 is 5.60 Å². The topological polar surface area (TPSA) is 46.2 Å². The predicted octanol–water partition coefficient (Wildman–Crippen LogP) is 1.39. The van der Waals surface area contributed by atoms with Crippen LogP contribution in [0.1, 0.15) is 24.0 Å². The monoisotopic (exact) mass is 191 g/mol. The lowest BCUT2D eigenvalue weighted by Gasteiger charge is -2.42. The number of nitrogens with two attached hydrogens (primary N) is 1. The molecule has 2 heteroatoms. The van der Waals surface area contributed by atoms with Crippen molar-refractivity contribution in [3.63, 3.8) is 0 Å². The molecule has 3 N–H and O–H groups in total. The fourth-order valence-corrected chi connectivity index (χ4v) is 2.26. The number of benzene rings is 1. The molecule has 0 radical (unpaired) electrons. The molecule has 0 atom stereocenters. The van der Waals surface area contributed by atoms with Gasteiger partial charge in [0, 0.05) is 12.5 Å². The lowest BCUT2D eigenvalue weighted by Crippen LogP contribution is -2.52. The van der Waals surface area contributed by atoms with Crippen LogP contribution < -0.4 is 5.73 Å². The van der Waals surface area contributed by atoms with Crippen LogP contribution in [-0.2, 0) is 6.42 Å². The van der Waals surface area contributed by atoms with E-state index >= 15 is 0 Å². The quantitative estimate of drug-likeness (QED) is 0.742. The van der Waals surface area contributed by atoms with Crippen molar-refractivity contribution >= 4 is 0 Å². The molecule has 1 aromatic rings. The third kappa shape index (κ3) is 1.97. The Balaban J connectivity index is 2.04. The van der Waals surface area contributed by atoms with E-state index in [-0.39, 0.29) is 6.04 Å². The van der Waals surface area contributed by atoms with Gasteiger partial charge in [0.05, 0.1) is 5.60 Å². The molecule has 0 aromatic heterocycles. The van der Waals surface area contributed by atoms with Gasteiger partial charge in [0.25, 0.3) is 0 Å². The summed E-state index contributed by atoms with van der Waals surface area (Å²) in [5.74, 6) is 0. The maximum absolute atomic E-state index is 10.0. The van der Waals surface area contributed by atoms with E-state index in [1.807, 2.05) is 6.07 Å². The van der Waals surface area contributed by atoms with Gasteiger partial charge in [-0.3, -0.25) is 0 Å². The average molecular weight is 191 g/mol. The molecule has 0 aliphatic heterocycles. The van der Waals surface area contributed by atoms with Crippen molar-refractivity contribution in [3.05, 3.63) is 35.4 Å². The summed E-state index contributed by atoms with van der Waals surface area (Å²) in [5, 5.41) is 10.0. The Morgan fingerprint density at radius 2 is 2.21 bits per heavy atom. The van der Waals surface area contributed by atoms with Crippen molar-refractivity contribution in [2.45, 2.75) is 37.8 Å². The van der Waals surface area contributed by atoms with Crippen LogP contribution >= 0.6 is 0 Å². The first-order chi connectivity index (χ1) is 6.57. The van der Waals surface area contributed by atoms with E-state index in [9.17, 15) is 5.11 Å². The average Bonchev–Trinajstić information content (AvgIpc) is 2.00. The van der Waals surface area contributed by atoms with Gasteiger partial charge >= 0.3 is 0 Å². The van der Waals surface area contributed by atoms with Crippen LogP contribution in [0.3, 0.4) is 0 Å². The van der Waals surface area contributed by atoms with E-state index in [2.05, 4.69) is 25.1 Å². The Morgan fingerprint density at radius 3 is 2.79 bits per heavy atom. The molecule has 0 bridgehead atoms. The molecule has 14 heavy (non-hydrogen) atoms. The van der Waals surface area contributed by atoms with Crippen LogP contribution in [-0.4, -0.2) is 16.7 Å². The highest BCUT2D eigenvalue weighted by Crippen LogP contribution is 2.33. The predicted molar refractivity (Wildman–Crippen MR) is 57.0 cm³/mol. The van der Waals surface area contributed by atoms with Gasteiger partial charge < -0.3 is 10.8 Å². The highest BCUT2D eigenvalue weighted by Gasteiger charge is 2.40. The van der Waals surface area contributed by atoms with Crippen molar-refractivity contribution in [2.24, 2.45) is 5.73 Å². The minimum absolute atomic E-state index is 0.199. The minimum Gasteiger partial charge on any atom is -0.389 e. The Labute approximate surface area is 84.7 Å². The van der Waals surface area contributed by atoms with Crippen LogP contribution in [0.5, 0.6) is 0 Å². The molecule has 2 rings (SSSR count). The largest absolute Gasteiger partial charge is 0.389 e. The lowest BCUT2D eigenvalue weighted by atomic mass is 9.72. The van der Waals surface area contributed by atoms with E-state index in [1.54, 1.807) is 0 Å². The second-order valence-electron chi connectivity index (χ2n) is 4.56. The van der Waals surface area contributed by atoms with Crippen LogP contribution in [0.4, 0.5) is 0 Å². The second kappa shape index (κ2) is 3.37. The van der Waals surface area contributed by atoms with Crippen LogP contribution in [0.15, 0.2) is 24.3 Å². The molecule has 0 unspecified atom stereocenters. The summed E-state index contributed by atoms with van der Waals surface area (Å²) < 4.78 is 0. The smallest absolute Gasteiger partial charge is 0.0717 e. The van der Waals surface area contributed by atoms with Crippen molar-refractivity contribution in [3.8, 4) is 0 Å². The van der Waals surface area contributed by atoms with Crippen molar-refractivity contribution < 1.29 is 5.11 Å². The third-order valence-corrected chi connectivity index (χ3v) is 2.90. The van der Waals surface area contributed by atoms with Gasteiger partial charge in [-0.2, -0.15) is 0 Å². The summed E-state index contributed by atoms with van der Waals surface area (Å²) in [5.41, 5.74) is 7.60. The zero-order chi connectivity index (χ0) is 10.2. The Morgan fingerprint density at radius 1 is 1.50 bits per heavy atom. The number of aryl methyl sites for hydroxylation is 1. The van der Waals surface area contributed by atoms with Crippen molar-refractivity contribution in [1.82, 2.24) is 0 Å². The molecule has 0 amide bonds. The molecule has 1 saturated carbocycles. The van der Waals surface area contributed by atoms with Crippen molar-refractivity contribution in [1.29, 1.82) is 0 Å². The first kappa shape index (κ1) is 9.69. The molecule has 1 fully saturated rings. The maximum Gasteiger partial charge on any atom is 0.0717 e. The second-order valence-corrected chi connectivity index (χ2v) is 4.56. The Hall–Kier alpha value is -0.860. The van der Waals surface area contributed by atoms with Gasteiger partial charge in [-0.25, -0.2) is 0 Å². The van der Waals surface area contributed by atoms with Crippen LogP contribution in [0, 0.1) is 6.92 Å².